The number of halogens is 2. The average Bonchev–Trinajstić information content (AvgIpc) is 2.49. The predicted octanol–water partition coefficient (Wildman–Crippen LogP) is 4.30. The van der Waals surface area contributed by atoms with Gasteiger partial charge >= 0.3 is 0 Å². The summed E-state index contributed by atoms with van der Waals surface area (Å²) in [7, 11) is 1.56. The molecule has 21 heavy (non-hydrogen) atoms. The van der Waals surface area contributed by atoms with Crippen molar-refractivity contribution in [3.05, 3.63) is 57.8 Å². The number of methoxy groups -OCH3 is 1. The average molecular weight is 351 g/mol. The third-order valence-electron chi connectivity index (χ3n) is 3.44. The maximum absolute atomic E-state index is 13.3. The zero-order valence-corrected chi connectivity index (χ0v) is 12.8. The maximum Gasteiger partial charge on any atom is 0.170 e. The Labute approximate surface area is 129 Å². The van der Waals surface area contributed by atoms with Gasteiger partial charge in [0.2, 0.25) is 0 Å². The molecule has 0 saturated carbocycles. The second-order valence-electron chi connectivity index (χ2n) is 4.77. The topological polar surface area (TPSA) is 35.5 Å². The van der Waals surface area contributed by atoms with Crippen molar-refractivity contribution in [2.24, 2.45) is 0 Å². The van der Waals surface area contributed by atoms with Gasteiger partial charge in [0, 0.05) is 6.07 Å². The number of Topliss-reactive ketones (excluding diaryl/α,β-unsaturated/α-hetero) is 1. The Morgan fingerprint density at radius 3 is 2.81 bits per heavy atom. The Bertz CT molecular complexity index is 715. The van der Waals surface area contributed by atoms with Gasteiger partial charge in [-0.15, -0.1) is 0 Å². The lowest BCUT2D eigenvalue weighted by Crippen LogP contribution is -2.20. The molecule has 0 bridgehead atoms. The van der Waals surface area contributed by atoms with Gasteiger partial charge in [-0.1, -0.05) is 6.07 Å². The number of ether oxygens (including phenoxy) is 2. The molecule has 0 amide bonds. The second kappa shape index (κ2) is 5.48. The van der Waals surface area contributed by atoms with Crippen LogP contribution in [0.15, 0.2) is 40.9 Å². The van der Waals surface area contributed by atoms with Crippen molar-refractivity contribution in [3.63, 3.8) is 0 Å². The van der Waals surface area contributed by atoms with Gasteiger partial charge in [-0.3, -0.25) is 4.79 Å². The minimum Gasteiger partial charge on any atom is -0.497 e. The van der Waals surface area contributed by atoms with Crippen LogP contribution in [0.5, 0.6) is 11.5 Å². The van der Waals surface area contributed by atoms with E-state index in [2.05, 4.69) is 15.9 Å². The van der Waals surface area contributed by atoms with Crippen LogP contribution in [0.25, 0.3) is 0 Å². The summed E-state index contributed by atoms with van der Waals surface area (Å²) in [6, 6.07) is 9.75. The fourth-order valence-electron chi connectivity index (χ4n) is 2.33. The zero-order valence-electron chi connectivity index (χ0n) is 11.2. The number of carbonyl (C=O) groups is 1. The number of benzene rings is 2. The Hall–Kier alpha value is -1.88. The largest absolute Gasteiger partial charge is 0.497 e. The first-order chi connectivity index (χ1) is 10.1. The van der Waals surface area contributed by atoms with E-state index >= 15 is 0 Å². The first-order valence-corrected chi connectivity index (χ1v) is 7.20. The SMILES string of the molecule is COc1ccc2c(c1)OC(c1ccc(F)c(Br)c1)CC2=O. The standard InChI is InChI=1S/C16H12BrFO3/c1-20-10-3-4-11-14(19)8-15(21-16(11)7-10)9-2-5-13(18)12(17)6-9/h2-7,15H,8H2,1H3. The molecule has 1 aliphatic heterocycles. The lowest BCUT2D eigenvalue weighted by Gasteiger charge is -2.26. The molecule has 1 aliphatic rings. The molecule has 0 fully saturated rings. The quantitative estimate of drug-likeness (QED) is 0.809. The molecule has 108 valence electrons. The summed E-state index contributed by atoms with van der Waals surface area (Å²) < 4.78 is 24.7. The lowest BCUT2D eigenvalue weighted by molar-refractivity contribution is 0.0849. The van der Waals surface area contributed by atoms with Crippen molar-refractivity contribution >= 4 is 21.7 Å². The molecule has 3 nitrogen and oxygen atoms in total. The van der Waals surface area contributed by atoms with E-state index in [4.69, 9.17) is 9.47 Å². The van der Waals surface area contributed by atoms with Crippen LogP contribution in [0.1, 0.15) is 28.4 Å². The van der Waals surface area contributed by atoms with Crippen LogP contribution in [0.2, 0.25) is 0 Å². The molecular formula is C16H12BrFO3. The van der Waals surface area contributed by atoms with Gasteiger partial charge in [0.1, 0.15) is 23.4 Å². The summed E-state index contributed by atoms with van der Waals surface area (Å²) in [6.45, 7) is 0. The van der Waals surface area contributed by atoms with Crippen LogP contribution in [0.3, 0.4) is 0 Å². The number of hydrogen-bond acceptors (Lipinski definition) is 3. The van der Waals surface area contributed by atoms with Crippen LogP contribution < -0.4 is 9.47 Å². The minimum atomic E-state index is -0.422. The van der Waals surface area contributed by atoms with Gasteiger partial charge < -0.3 is 9.47 Å². The molecule has 0 aliphatic carbocycles. The van der Waals surface area contributed by atoms with Crippen molar-refractivity contribution in [1.82, 2.24) is 0 Å². The Morgan fingerprint density at radius 1 is 1.29 bits per heavy atom. The highest BCUT2D eigenvalue weighted by Gasteiger charge is 2.28. The van der Waals surface area contributed by atoms with Crippen LogP contribution in [-0.2, 0) is 0 Å². The first kappa shape index (κ1) is 14.1. The van der Waals surface area contributed by atoms with Gasteiger partial charge in [0.15, 0.2) is 5.78 Å². The molecule has 3 rings (SSSR count). The number of fused-ring (bicyclic) bond motifs is 1. The molecule has 1 unspecified atom stereocenters. The fourth-order valence-corrected chi connectivity index (χ4v) is 2.73. The van der Waals surface area contributed by atoms with Crippen LogP contribution in [-0.4, -0.2) is 12.9 Å². The molecule has 2 aromatic rings. The van der Waals surface area contributed by atoms with Gasteiger partial charge in [-0.2, -0.15) is 0 Å². The highest BCUT2D eigenvalue weighted by atomic mass is 79.9. The number of ketones is 1. The van der Waals surface area contributed by atoms with Crippen LogP contribution in [0, 0.1) is 5.82 Å². The molecule has 1 atom stereocenters. The molecule has 1 heterocycles. The third-order valence-corrected chi connectivity index (χ3v) is 4.05. The number of rotatable bonds is 2. The highest BCUT2D eigenvalue weighted by molar-refractivity contribution is 9.10. The van der Waals surface area contributed by atoms with Crippen molar-refractivity contribution < 1.29 is 18.7 Å². The number of carbonyl (C=O) groups excluding carboxylic acids is 1. The predicted molar refractivity (Wildman–Crippen MR) is 79.4 cm³/mol. The van der Waals surface area contributed by atoms with Crippen molar-refractivity contribution in [3.8, 4) is 11.5 Å². The Kier molecular flexibility index (Phi) is 3.68. The fraction of sp³-hybridized carbons (Fsp3) is 0.188. The molecule has 5 heteroatoms. The molecule has 0 spiro atoms. The van der Waals surface area contributed by atoms with E-state index in [1.807, 2.05) is 0 Å². The van der Waals surface area contributed by atoms with Gasteiger partial charge in [-0.25, -0.2) is 4.39 Å². The van der Waals surface area contributed by atoms with Crippen LogP contribution >= 0.6 is 15.9 Å². The van der Waals surface area contributed by atoms with E-state index in [0.29, 0.717) is 21.5 Å². The van der Waals surface area contributed by atoms with Crippen molar-refractivity contribution in [2.75, 3.05) is 7.11 Å². The van der Waals surface area contributed by atoms with E-state index in [1.165, 1.54) is 6.07 Å². The van der Waals surface area contributed by atoms with E-state index in [1.54, 1.807) is 37.4 Å². The summed E-state index contributed by atoms with van der Waals surface area (Å²) in [5.41, 5.74) is 1.30. The summed E-state index contributed by atoms with van der Waals surface area (Å²) in [4.78, 5) is 12.2. The molecule has 0 saturated heterocycles. The van der Waals surface area contributed by atoms with Gasteiger partial charge in [-0.05, 0) is 45.8 Å². The minimum absolute atomic E-state index is 0.00403. The third kappa shape index (κ3) is 2.65. The summed E-state index contributed by atoms with van der Waals surface area (Å²) in [5, 5.41) is 0. The maximum atomic E-state index is 13.3. The van der Waals surface area contributed by atoms with Crippen LogP contribution in [0.4, 0.5) is 4.39 Å². The van der Waals surface area contributed by atoms with Crippen molar-refractivity contribution in [1.29, 1.82) is 0 Å². The number of hydrogen-bond donors (Lipinski definition) is 0. The second-order valence-corrected chi connectivity index (χ2v) is 5.62. The van der Waals surface area contributed by atoms with E-state index in [9.17, 15) is 9.18 Å². The summed E-state index contributed by atoms with van der Waals surface area (Å²) in [6.07, 6.45) is -0.189. The normalized spacial score (nSPS) is 17.1. The molecule has 0 aromatic heterocycles. The monoisotopic (exact) mass is 350 g/mol. The summed E-state index contributed by atoms with van der Waals surface area (Å²) in [5.74, 6) is 0.783. The summed E-state index contributed by atoms with van der Waals surface area (Å²) >= 11 is 3.15. The first-order valence-electron chi connectivity index (χ1n) is 6.41. The van der Waals surface area contributed by atoms with E-state index < -0.39 is 6.10 Å². The van der Waals surface area contributed by atoms with Gasteiger partial charge in [0.05, 0.1) is 23.6 Å². The molecule has 0 N–H and O–H groups in total. The van der Waals surface area contributed by atoms with E-state index in [-0.39, 0.29) is 18.0 Å². The molecular weight excluding hydrogens is 339 g/mol. The highest BCUT2D eigenvalue weighted by Crippen LogP contribution is 2.37. The van der Waals surface area contributed by atoms with E-state index in [0.717, 1.165) is 5.56 Å². The van der Waals surface area contributed by atoms with Gasteiger partial charge in [0.25, 0.3) is 0 Å². The Balaban J connectivity index is 1.96. The Morgan fingerprint density at radius 2 is 2.10 bits per heavy atom. The van der Waals surface area contributed by atoms with Crippen molar-refractivity contribution in [2.45, 2.75) is 12.5 Å². The molecule has 0 radical (unpaired) electrons. The lowest BCUT2D eigenvalue weighted by atomic mass is 9.96. The smallest absolute Gasteiger partial charge is 0.170 e. The molecule has 2 aromatic carbocycles. The zero-order chi connectivity index (χ0) is 15.0.